The Bertz CT molecular complexity index is 214. The van der Waals surface area contributed by atoms with E-state index in [1.54, 1.807) is 18.9 Å². The Morgan fingerprint density at radius 2 is 1.00 bits per heavy atom. The molecule has 0 N–H and O–H groups in total. The van der Waals surface area contributed by atoms with E-state index in [0.29, 0.717) is 0 Å². The summed E-state index contributed by atoms with van der Waals surface area (Å²) in [5, 5.41) is 0. The van der Waals surface area contributed by atoms with Gasteiger partial charge in [0.1, 0.15) is 0 Å². The molecule has 0 fully saturated rings. The molecule has 0 saturated carbocycles. The fraction of sp³-hybridized carbons (Fsp3) is 0.882. The molecule has 0 unspecified atom stereocenters. The Balaban J connectivity index is 5.04. The third kappa shape index (κ3) is 6.12. The summed E-state index contributed by atoms with van der Waals surface area (Å²) >= 11 is -2.00. The maximum absolute atomic E-state index is 2.49. The van der Waals surface area contributed by atoms with E-state index in [2.05, 4.69) is 41.5 Å². The van der Waals surface area contributed by atoms with Crippen LogP contribution in [0.3, 0.4) is 0 Å². The number of rotatable bonds is 10. The van der Waals surface area contributed by atoms with Crippen molar-refractivity contribution in [2.75, 3.05) is 0 Å². The SMILES string of the molecule is CCC[CH2][Sn]([CH2]CCC)([CH2]CCC)[C](C)=C(C)C. The minimum atomic E-state index is -2.00. The van der Waals surface area contributed by atoms with Crippen molar-refractivity contribution < 1.29 is 0 Å². The Morgan fingerprint density at radius 1 is 0.667 bits per heavy atom. The zero-order valence-corrected chi connectivity index (χ0v) is 16.7. The van der Waals surface area contributed by atoms with E-state index in [-0.39, 0.29) is 0 Å². The van der Waals surface area contributed by atoms with Gasteiger partial charge in [-0.15, -0.1) is 0 Å². The van der Waals surface area contributed by atoms with Crippen LogP contribution in [0.2, 0.25) is 13.3 Å². The Labute approximate surface area is 121 Å². The van der Waals surface area contributed by atoms with E-state index in [0.717, 1.165) is 0 Å². The van der Waals surface area contributed by atoms with Gasteiger partial charge in [0.25, 0.3) is 0 Å². The fourth-order valence-electron chi connectivity index (χ4n) is 3.01. The van der Waals surface area contributed by atoms with Gasteiger partial charge >= 0.3 is 121 Å². The predicted octanol–water partition coefficient (Wildman–Crippen LogP) is 6.73. The molecule has 0 saturated heterocycles. The molecule has 0 atom stereocenters. The summed E-state index contributed by atoms with van der Waals surface area (Å²) in [6, 6.07) is 0. The molecule has 0 heterocycles. The number of allylic oxidation sites excluding steroid dienone is 2. The molecule has 0 aliphatic rings. The number of hydrogen-bond acceptors (Lipinski definition) is 0. The van der Waals surface area contributed by atoms with Crippen molar-refractivity contribution in [2.24, 2.45) is 0 Å². The molecule has 0 bridgehead atoms. The van der Waals surface area contributed by atoms with Crippen molar-refractivity contribution in [1.82, 2.24) is 0 Å². The van der Waals surface area contributed by atoms with Gasteiger partial charge < -0.3 is 0 Å². The van der Waals surface area contributed by atoms with Crippen LogP contribution < -0.4 is 0 Å². The van der Waals surface area contributed by atoms with Crippen LogP contribution in [-0.4, -0.2) is 18.4 Å². The molecular formula is C17H36Sn. The van der Waals surface area contributed by atoms with E-state index in [1.165, 1.54) is 38.5 Å². The summed E-state index contributed by atoms with van der Waals surface area (Å²) in [5.41, 5.74) is 1.65. The average Bonchev–Trinajstić information content (AvgIpc) is 2.37. The molecule has 0 aromatic carbocycles. The van der Waals surface area contributed by atoms with Gasteiger partial charge in [0.05, 0.1) is 0 Å². The second kappa shape index (κ2) is 10.3. The van der Waals surface area contributed by atoms with E-state index >= 15 is 0 Å². The summed E-state index contributed by atoms with van der Waals surface area (Å²) < 4.78 is 6.74. The normalized spacial score (nSPS) is 11.7. The first kappa shape index (κ1) is 18.5. The molecular weight excluding hydrogens is 323 g/mol. The van der Waals surface area contributed by atoms with Gasteiger partial charge in [-0.3, -0.25) is 0 Å². The molecule has 0 rings (SSSR count). The molecule has 0 aromatic heterocycles. The summed E-state index contributed by atoms with van der Waals surface area (Å²) in [5.74, 6) is 0. The van der Waals surface area contributed by atoms with E-state index in [1.807, 2.05) is 3.59 Å². The van der Waals surface area contributed by atoms with Crippen molar-refractivity contribution in [3.05, 3.63) is 9.16 Å². The van der Waals surface area contributed by atoms with Crippen molar-refractivity contribution in [3.63, 3.8) is 0 Å². The quantitative estimate of drug-likeness (QED) is 0.379. The van der Waals surface area contributed by atoms with Crippen LogP contribution in [0.4, 0.5) is 0 Å². The fourth-order valence-corrected chi connectivity index (χ4v) is 20.2. The Kier molecular flexibility index (Phi) is 10.7. The van der Waals surface area contributed by atoms with E-state index < -0.39 is 18.4 Å². The van der Waals surface area contributed by atoms with Crippen molar-refractivity contribution in [1.29, 1.82) is 0 Å². The van der Waals surface area contributed by atoms with Gasteiger partial charge in [-0.1, -0.05) is 0 Å². The van der Waals surface area contributed by atoms with Gasteiger partial charge in [-0.2, -0.15) is 0 Å². The van der Waals surface area contributed by atoms with Gasteiger partial charge in [0, 0.05) is 0 Å². The van der Waals surface area contributed by atoms with Gasteiger partial charge in [-0.25, -0.2) is 0 Å². The topological polar surface area (TPSA) is 0 Å². The monoisotopic (exact) mass is 360 g/mol. The third-order valence-electron chi connectivity index (χ3n) is 4.57. The van der Waals surface area contributed by atoms with Crippen LogP contribution in [0.1, 0.15) is 80.1 Å². The van der Waals surface area contributed by atoms with Crippen molar-refractivity contribution in [3.8, 4) is 0 Å². The van der Waals surface area contributed by atoms with E-state index in [9.17, 15) is 0 Å². The van der Waals surface area contributed by atoms with Gasteiger partial charge in [0.15, 0.2) is 0 Å². The second-order valence-electron chi connectivity index (χ2n) is 6.22. The van der Waals surface area contributed by atoms with Crippen LogP contribution in [0, 0.1) is 0 Å². The predicted molar refractivity (Wildman–Crippen MR) is 88.9 cm³/mol. The zero-order chi connectivity index (χ0) is 14.0. The summed E-state index contributed by atoms with van der Waals surface area (Å²) in [6.07, 6.45) is 8.59. The van der Waals surface area contributed by atoms with Crippen LogP contribution in [0.5, 0.6) is 0 Å². The zero-order valence-electron chi connectivity index (χ0n) is 13.9. The molecule has 0 nitrogen and oxygen atoms in total. The van der Waals surface area contributed by atoms with E-state index in [4.69, 9.17) is 0 Å². The third-order valence-corrected chi connectivity index (χ3v) is 21.8. The van der Waals surface area contributed by atoms with Crippen LogP contribution in [-0.2, 0) is 0 Å². The standard InChI is InChI=1S/C5H9.3C4H9.Sn/c1-4-5(2)3;3*1-3-4-2;/h1-3H3;3*1,3-4H2,2H3;. The molecule has 18 heavy (non-hydrogen) atoms. The molecule has 0 spiro atoms. The molecule has 0 aliphatic carbocycles. The van der Waals surface area contributed by atoms with Crippen LogP contribution in [0.25, 0.3) is 0 Å². The van der Waals surface area contributed by atoms with Crippen LogP contribution in [0.15, 0.2) is 9.16 Å². The average molecular weight is 359 g/mol. The van der Waals surface area contributed by atoms with Gasteiger partial charge in [0.2, 0.25) is 0 Å². The molecule has 108 valence electrons. The minimum absolute atomic E-state index is 1.38. The van der Waals surface area contributed by atoms with Gasteiger partial charge in [-0.05, 0) is 0 Å². The summed E-state index contributed by atoms with van der Waals surface area (Å²) in [7, 11) is 0. The second-order valence-corrected chi connectivity index (χ2v) is 19.9. The van der Waals surface area contributed by atoms with Crippen molar-refractivity contribution >= 4 is 18.4 Å². The van der Waals surface area contributed by atoms with Crippen LogP contribution >= 0.6 is 0 Å². The first-order valence-corrected chi connectivity index (χ1v) is 15.7. The first-order chi connectivity index (χ1) is 8.54. The van der Waals surface area contributed by atoms with Crippen molar-refractivity contribution in [2.45, 2.75) is 93.4 Å². The Morgan fingerprint density at radius 3 is 1.22 bits per heavy atom. The summed E-state index contributed by atoms with van der Waals surface area (Å²) in [4.78, 5) is 0. The molecule has 1 heteroatoms. The molecule has 0 radical (unpaired) electrons. The Hall–Kier alpha value is 0.539. The number of unbranched alkanes of at least 4 members (excludes halogenated alkanes) is 3. The molecule has 0 aromatic rings. The number of hydrogen-bond donors (Lipinski definition) is 0. The molecule has 0 aliphatic heterocycles. The summed E-state index contributed by atoms with van der Waals surface area (Å²) in [6.45, 7) is 14.3. The maximum atomic E-state index is 2.49. The first-order valence-electron chi connectivity index (χ1n) is 8.18. The molecule has 0 amide bonds.